The van der Waals surface area contributed by atoms with Gasteiger partial charge in [-0.2, -0.15) is 0 Å². The number of H-pyrrole nitrogens is 1. The summed E-state index contributed by atoms with van der Waals surface area (Å²) < 4.78 is 0. The Hall–Kier alpha value is -1.80. The summed E-state index contributed by atoms with van der Waals surface area (Å²) in [5, 5.41) is 6.34. The number of imide groups is 1. The number of hydrogen-bond acceptors (Lipinski definition) is 5. The Balaban J connectivity index is 1.47. The summed E-state index contributed by atoms with van der Waals surface area (Å²) in [5.74, 6) is 0.164. The van der Waals surface area contributed by atoms with Crippen LogP contribution in [0.4, 0.5) is 4.79 Å². The van der Waals surface area contributed by atoms with E-state index in [1.807, 2.05) is 0 Å². The van der Waals surface area contributed by atoms with Crippen molar-refractivity contribution in [1.82, 2.24) is 25.6 Å². The van der Waals surface area contributed by atoms with E-state index in [-0.39, 0.29) is 17.7 Å². The Bertz CT molecular complexity index is 781. The molecule has 0 aromatic carbocycles. The van der Waals surface area contributed by atoms with Gasteiger partial charge in [-0.1, -0.05) is 43.1 Å². The van der Waals surface area contributed by atoms with Crippen molar-refractivity contribution in [2.24, 2.45) is 5.92 Å². The monoisotopic (exact) mass is 381 g/mol. The third kappa shape index (κ3) is 4.85. The summed E-state index contributed by atoms with van der Waals surface area (Å²) in [6.07, 6.45) is 5.91. The quantitative estimate of drug-likeness (QED) is 0.706. The van der Waals surface area contributed by atoms with E-state index in [2.05, 4.69) is 32.5 Å². The first kappa shape index (κ1) is 18.0. The third-order valence-electron chi connectivity index (χ3n) is 4.30. The van der Waals surface area contributed by atoms with Crippen molar-refractivity contribution in [3.05, 3.63) is 17.3 Å². The second-order valence-electron chi connectivity index (χ2n) is 6.25. The number of halogens is 1. The highest BCUT2D eigenvalue weighted by molar-refractivity contribution is 7.99. The maximum atomic E-state index is 12.0. The van der Waals surface area contributed by atoms with Crippen molar-refractivity contribution in [3.63, 3.8) is 0 Å². The molecule has 2 aromatic heterocycles. The molecule has 0 spiro atoms. The zero-order chi connectivity index (χ0) is 17.8. The van der Waals surface area contributed by atoms with Crippen molar-refractivity contribution in [2.75, 3.05) is 5.75 Å². The zero-order valence-corrected chi connectivity index (χ0v) is 15.4. The molecule has 3 amide bonds. The number of urea groups is 1. The lowest BCUT2D eigenvalue weighted by atomic mass is 9.86. The fraction of sp³-hybridized carbons (Fsp3) is 0.500. The summed E-state index contributed by atoms with van der Waals surface area (Å²) in [4.78, 5) is 35.3. The minimum atomic E-state index is -0.428. The van der Waals surface area contributed by atoms with Gasteiger partial charge in [0.25, 0.3) is 0 Å². The number of imidazole rings is 1. The van der Waals surface area contributed by atoms with Crippen molar-refractivity contribution in [3.8, 4) is 0 Å². The van der Waals surface area contributed by atoms with Crippen molar-refractivity contribution >= 4 is 46.5 Å². The second kappa shape index (κ2) is 8.05. The molecule has 25 heavy (non-hydrogen) atoms. The second-order valence-corrected chi connectivity index (χ2v) is 7.65. The largest absolute Gasteiger partial charge is 0.335 e. The number of amides is 3. The summed E-state index contributed by atoms with van der Waals surface area (Å²) in [6, 6.07) is 1.43. The Morgan fingerprint density at radius 2 is 2.20 bits per heavy atom. The van der Waals surface area contributed by atoms with Crippen LogP contribution in [-0.2, 0) is 4.79 Å². The molecule has 0 aliphatic heterocycles. The van der Waals surface area contributed by atoms with E-state index in [1.165, 1.54) is 24.4 Å². The van der Waals surface area contributed by atoms with Gasteiger partial charge in [-0.25, -0.2) is 14.8 Å². The molecular formula is C16H20ClN5O2S. The van der Waals surface area contributed by atoms with E-state index in [0.29, 0.717) is 27.3 Å². The smallest absolute Gasteiger partial charge is 0.321 e. The number of aromatic amines is 1. The summed E-state index contributed by atoms with van der Waals surface area (Å²) in [6.45, 7) is 2.13. The standard InChI is InChI=1S/C16H20ClN5O2S/c1-9-4-2-3-5-11(9)19-15(24)21-13(23)8-25-16-20-12-6-10(17)7-18-14(12)22-16/h6-7,9,11H,2-5,8H2,1H3,(H,18,20,22)(H2,19,21,23,24)/t9-,11-/m0/s1. The van der Waals surface area contributed by atoms with Gasteiger partial charge >= 0.3 is 6.03 Å². The van der Waals surface area contributed by atoms with E-state index in [0.717, 1.165) is 19.3 Å². The van der Waals surface area contributed by atoms with Crippen LogP contribution < -0.4 is 10.6 Å². The number of fused-ring (bicyclic) bond motifs is 1. The van der Waals surface area contributed by atoms with Crippen molar-refractivity contribution in [2.45, 2.75) is 43.8 Å². The van der Waals surface area contributed by atoms with Crippen LogP contribution >= 0.6 is 23.4 Å². The molecule has 0 unspecified atom stereocenters. The number of nitrogens with zero attached hydrogens (tertiary/aromatic N) is 2. The van der Waals surface area contributed by atoms with Crippen LogP contribution in [0.5, 0.6) is 0 Å². The number of nitrogens with one attached hydrogen (secondary N) is 3. The molecular weight excluding hydrogens is 362 g/mol. The van der Waals surface area contributed by atoms with E-state index in [9.17, 15) is 9.59 Å². The molecule has 3 N–H and O–H groups in total. The molecule has 9 heteroatoms. The highest BCUT2D eigenvalue weighted by Crippen LogP contribution is 2.23. The van der Waals surface area contributed by atoms with Gasteiger partial charge < -0.3 is 10.3 Å². The van der Waals surface area contributed by atoms with Gasteiger partial charge in [-0.05, 0) is 24.8 Å². The lowest BCUT2D eigenvalue weighted by molar-refractivity contribution is -0.117. The third-order valence-corrected chi connectivity index (χ3v) is 5.38. The molecule has 1 aliphatic carbocycles. The van der Waals surface area contributed by atoms with Gasteiger partial charge in [-0.3, -0.25) is 10.1 Å². The fourth-order valence-corrected chi connectivity index (χ4v) is 3.78. The molecule has 2 aromatic rings. The lowest BCUT2D eigenvalue weighted by Gasteiger charge is -2.29. The van der Waals surface area contributed by atoms with Gasteiger partial charge in [0.15, 0.2) is 10.8 Å². The van der Waals surface area contributed by atoms with Crippen LogP contribution in [0, 0.1) is 5.92 Å². The first-order valence-electron chi connectivity index (χ1n) is 8.25. The molecule has 7 nitrogen and oxygen atoms in total. The lowest BCUT2D eigenvalue weighted by Crippen LogP contribution is -2.48. The average Bonchev–Trinajstić information content (AvgIpc) is 2.97. The Morgan fingerprint density at radius 3 is 3.00 bits per heavy atom. The molecule has 1 fully saturated rings. The van der Waals surface area contributed by atoms with Crippen LogP contribution in [0.1, 0.15) is 32.6 Å². The zero-order valence-electron chi connectivity index (χ0n) is 13.8. The Kier molecular flexibility index (Phi) is 5.80. The van der Waals surface area contributed by atoms with E-state index < -0.39 is 6.03 Å². The topological polar surface area (TPSA) is 99.8 Å². The maximum absolute atomic E-state index is 12.0. The summed E-state index contributed by atoms with van der Waals surface area (Å²) >= 11 is 7.08. The first-order chi connectivity index (χ1) is 12.0. The van der Waals surface area contributed by atoms with Gasteiger partial charge in [0, 0.05) is 12.2 Å². The Morgan fingerprint density at radius 1 is 1.40 bits per heavy atom. The van der Waals surface area contributed by atoms with Crippen molar-refractivity contribution < 1.29 is 9.59 Å². The number of rotatable bonds is 4. The molecule has 0 saturated heterocycles. The van der Waals surface area contributed by atoms with Crippen LogP contribution in [0.25, 0.3) is 11.2 Å². The predicted octanol–water partition coefficient (Wildman–Crippen LogP) is 3.11. The van der Waals surface area contributed by atoms with Gasteiger partial charge in [0.2, 0.25) is 5.91 Å². The summed E-state index contributed by atoms with van der Waals surface area (Å²) in [5.41, 5.74) is 1.25. The van der Waals surface area contributed by atoms with Gasteiger partial charge in [-0.15, -0.1) is 0 Å². The number of pyridine rings is 1. The van der Waals surface area contributed by atoms with Crippen molar-refractivity contribution in [1.29, 1.82) is 0 Å². The molecule has 2 atom stereocenters. The average molecular weight is 382 g/mol. The normalized spacial score (nSPS) is 20.4. The van der Waals surface area contributed by atoms with E-state index in [1.54, 1.807) is 6.07 Å². The molecule has 1 saturated carbocycles. The molecule has 0 bridgehead atoms. The highest BCUT2D eigenvalue weighted by atomic mass is 35.5. The molecule has 1 aliphatic rings. The minimum absolute atomic E-state index is 0.0845. The minimum Gasteiger partial charge on any atom is -0.335 e. The number of carbonyl (C=O) groups excluding carboxylic acids is 2. The molecule has 134 valence electrons. The molecule has 2 heterocycles. The Labute approximate surface area is 154 Å². The van der Waals surface area contributed by atoms with E-state index >= 15 is 0 Å². The first-order valence-corrected chi connectivity index (χ1v) is 9.62. The molecule has 0 radical (unpaired) electrons. The van der Waals surface area contributed by atoms with Crippen LogP contribution in [-0.4, -0.2) is 38.7 Å². The number of hydrogen-bond donors (Lipinski definition) is 3. The SMILES string of the molecule is C[C@H]1CCCC[C@@H]1NC(=O)NC(=O)CSc1nc2ncc(Cl)cc2[nH]1. The summed E-state index contributed by atoms with van der Waals surface area (Å²) in [7, 11) is 0. The number of aromatic nitrogens is 3. The van der Waals surface area contributed by atoms with Crippen LogP contribution in [0.3, 0.4) is 0 Å². The highest BCUT2D eigenvalue weighted by Gasteiger charge is 2.23. The van der Waals surface area contributed by atoms with Gasteiger partial charge in [0.05, 0.1) is 16.3 Å². The van der Waals surface area contributed by atoms with Crippen LogP contribution in [0.2, 0.25) is 5.02 Å². The number of thioether (sulfide) groups is 1. The maximum Gasteiger partial charge on any atom is 0.321 e. The predicted molar refractivity (Wildman–Crippen MR) is 97.7 cm³/mol. The van der Waals surface area contributed by atoms with E-state index in [4.69, 9.17) is 11.6 Å². The number of carbonyl (C=O) groups is 2. The fourth-order valence-electron chi connectivity index (χ4n) is 2.95. The molecule has 3 rings (SSSR count). The van der Waals surface area contributed by atoms with Crippen LogP contribution in [0.15, 0.2) is 17.4 Å². The van der Waals surface area contributed by atoms with Gasteiger partial charge in [0.1, 0.15) is 0 Å².